The molecular formula is C18H39OSn. The van der Waals surface area contributed by atoms with E-state index in [4.69, 9.17) is 3.07 Å². The molecule has 0 unspecified atom stereocenters. The predicted octanol–water partition coefficient (Wildman–Crippen LogP) is 6.74. The van der Waals surface area contributed by atoms with E-state index in [1.807, 2.05) is 0 Å². The van der Waals surface area contributed by atoms with Crippen LogP contribution >= 0.6 is 0 Å². The summed E-state index contributed by atoms with van der Waals surface area (Å²) in [5.74, 6) is 0. The molecule has 0 saturated carbocycles. The van der Waals surface area contributed by atoms with Crippen molar-refractivity contribution < 1.29 is 3.07 Å². The van der Waals surface area contributed by atoms with Crippen LogP contribution in [0.1, 0.15) is 97.8 Å². The van der Waals surface area contributed by atoms with Gasteiger partial charge in [0, 0.05) is 0 Å². The molecule has 0 spiro atoms. The van der Waals surface area contributed by atoms with Crippen LogP contribution in [0.15, 0.2) is 0 Å². The van der Waals surface area contributed by atoms with Crippen LogP contribution < -0.4 is 0 Å². The summed E-state index contributed by atoms with van der Waals surface area (Å²) in [6.07, 6.45) is 17.2. The molecule has 0 rings (SSSR count). The number of rotatable bonds is 16. The van der Waals surface area contributed by atoms with Crippen molar-refractivity contribution >= 4 is 20.2 Å². The maximum absolute atomic E-state index is 6.09. The van der Waals surface area contributed by atoms with Crippen LogP contribution in [0.4, 0.5) is 0 Å². The zero-order valence-corrected chi connectivity index (χ0v) is 17.4. The second-order valence-corrected chi connectivity index (χ2v) is 12.8. The van der Waals surface area contributed by atoms with Gasteiger partial charge in [-0.25, -0.2) is 0 Å². The molecule has 1 radical (unpaired) electrons. The second kappa shape index (κ2) is 17.8. The van der Waals surface area contributed by atoms with Crippen LogP contribution in [-0.4, -0.2) is 26.8 Å². The van der Waals surface area contributed by atoms with Crippen molar-refractivity contribution in [3.8, 4) is 0 Å². The number of hydrogen-bond acceptors (Lipinski definition) is 1. The van der Waals surface area contributed by atoms with E-state index in [1.54, 1.807) is 0 Å². The summed E-state index contributed by atoms with van der Waals surface area (Å²) >= 11 is -1.43. The van der Waals surface area contributed by atoms with Gasteiger partial charge in [0.15, 0.2) is 0 Å². The van der Waals surface area contributed by atoms with Gasteiger partial charge in [0.1, 0.15) is 0 Å². The molecule has 0 aromatic heterocycles. The summed E-state index contributed by atoms with van der Waals surface area (Å²) in [7, 11) is 0. The first-order valence-corrected chi connectivity index (χ1v) is 14.5. The molecule has 121 valence electrons. The van der Waals surface area contributed by atoms with E-state index in [0.29, 0.717) is 0 Å². The van der Waals surface area contributed by atoms with Gasteiger partial charge in [-0.3, -0.25) is 0 Å². The summed E-state index contributed by atoms with van der Waals surface area (Å²) < 4.78 is 9.06. The Bertz CT molecular complexity index is 157. The molecule has 20 heavy (non-hydrogen) atoms. The van der Waals surface area contributed by atoms with E-state index >= 15 is 0 Å². The normalized spacial score (nSPS) is 11.4. The fourth-order valence-corrected chi connectivity index (χ4v) is 9.06. The number of hydrogen-bond donors (Lipinski definition) is 0. The third kappa shape index (κ3) is 15.2. The van der Waals surface area contributed by atoms with E-state index in [1.165, 1.54) is 85.9 Å². The summed E-state index contributed by atoms with van der Waals surface area (Å²) in [5.41, 5.74) is 0. The monoisotopic (exact) mass is 391 g/mol. The van der Waals surface area contributed by atoms with Gasteiger partial charge in [0.2, 0.25) is 0 Å². The average molecular weight is 390 g/mol. The Morgan fingerprint density at radius 1 is 0.550 bits per heavy atom. The molecule has 0 saturated heterocycles. The number of unbranched alkanes of at least 4 members (excludes halogenated alkanes) is 10. The topological polar surface area (TPSA) is 9.23 Å². The van der Waals surface area contributed by atoms with Crippen LogP contribution in [-0.2, 0) is 3.07 Å². The second-order valence-electron chi connectivity index (χ2n) is 6.01. The van der Waals surface area contributed by atoms with Gasteiger partial charge < -0.3 is 0 Å². The van der Waals surface area contributed by atoms with Crippen LogP contribution in [0, 0.1) is 0 Å². The summed E-state index contributed by atoms with van der Waals surface area (Å²) in [4.78, 5) is 0. The van der Waals surface area contributed by atoms with Crippen molar-refractivity contribution in [1.29, 1.82) is 0 Å². The Morgan fingerprint density at radius 2 is 0.950 bits per heavy atom. The van der Waals surface area contributed by atoms with E-state index in [9.17, 15) is 0 Å². The van der Waals surface area contributed by atoms with Crippen molar-refractivity contribution in [2.75, 3.05) is 6.61 Å². The zero-order chi connectivity index (χ0) is 14.9. The summed E-state index contributed by atoms with van der Waals surface area (Å²) in [6.45, 7) is 7.74. The van der Waals surface area contributed by atoms with Crippen LogP contribution in [0.3, 0.4) is 0 Å². The van der Waals surface area contributed by atoms with Gasteiger partial charge in [-0.05, 0) is 0 Å². The maximum atomic E-state index is 6.09. The fraction of sp³-hybridized carbons (Fsp3) is 1.00. The van der Waals surface area contributed by atoms with Gasteiger partial charge in [-0.1, -0.05) is 0 Å². The van der Waals surface area contributed by atoms with Crippen LogP contribution in [0.5, 0.6) is 0 Å². The van der Waals surface area contributed by atoms with E-state index in [-0.39, 0.29) is 0 Å². The first-order chi connectivity index (χ1) is 9.85. The first kappa shape index (κ1) is 20.8. The first-order valence-electron chi connectivity index (χ1n) is 9.32. The van der Waals surface area contributed by atoms with Gasteiger partial charge in [-0.15, -0.1) is 0 Å². The Hall–Kier alpha value is 0.759. The molecule has 0 aromatic carbocycles. The Morgan fingerprint density at radius 3 is 1.35 bits per heavy atom. The third-order valence-corrected chi connectivity index (χ3v) is 11.2. The standard InChI is InChI=1S/2C8H17.C2H5O.Sn/c2*1-3-5-7-8-6-4-2;1-2-3;/h2*1,3-8H2,2H3;2H2,1H3;/q;;-1;+1. The van der Waals surface area contributed by atoms with Gasteiger partial charge in [0.05, 0.1) is 0 Å². The molecule has 2 heteroatoms. The molecule has 0 amide bonds. The third-order valence-electron chi connectivity index (χ3n) is 3.97. The molecule has 0 aliphatic rings. The Balaban J connectivity index is 3.45. The molecule has 0 N–H and O–H groups in total. The van der Waals surface area contributed by atoms with Crippen LogP contribution in [0.25, 0.3) is 0 Å². The van der Waals surface area contributed by atoms with Gasteiger partial charge >= 0.3 is 137 Å². The van der Waals surface area contributed by atoms with E-state index < -0.39 is 20.2 Å². The zero-order valence-electron chi connectivity index (χ0n) is 14.5. The average Bonchev–Trinajstić information content (AvgIpc) is 2.46. The molecule has 0 bridgehead atoms. The quantitative estimate of drug-likeness (QED) is 0.210. The Kier molecular flexibility index (Phi) is 18.5. The van der Waals surface area contributed by atoms with Crippen molar-refractivity contribution in [3.05, 3.63) is 0 Å². The van der Waals surface area contributed by atoms with Gasteiger partial charge in [-0.2, -0.15) is 0 Å². The molecule has 0 atom stereocenters. The minimum atomic E-state index is -1.43. The van der Waals surface area contributed by atoms with E-state index in [2.05, 4.69) is 20.8 Å². The molecule has 0 aliphatic heterocycles. The van der Waals surface area contributed by atoms with E-state index in [0.717, 1.165) is 6.61 Å². The summed E-state index contributed by atoms with van der Waals surface area (Å²) in [6, 6.07) is 0. The molecule has 0 aromatic rings. The minimum absolute atomic E-state index is 0.973. The predicted molar refractivity (Wildman–Crippen MR) is 93.7 cm³/mol. The van der Waals surface area contributed by atoms with Crippen molar-refractivity contribution in [2.24, 2.45) is 0 Å². The fourth-order valence-electron chi connectivity index (χ4n) is 2.68. The molecule has 1 nitrogen and oxygen atoms in total. The molecule has 0 fully saturated rings. The van der Waals surface area contributed by atoms with Crippen LogP contribution in [0.2, 0.25) is 8.87 Å². The van der Waals surface area contributed by atoms with Crippen molar-refractivity contribution in [3.63, 3.8) is 0 Å². The SMILES string of the molecule is CCCCCCC[CH2][Sn]([CH2]CCCCCCC)[O]CC. The van der Waals surface area contributed by atoms with Crippen molar-refractivity contribution in [2.45, 2.75) is 107 Å². The Labute approximate surface area is 136 Å². The molecule has 0 aliphatic carbocycles. The summed E-state index contributed by atoms with van der Waals surface area (Å²) in [5, 5.41) is 0. The van der Waals surface area contributed by atoms with Gasteiger partial charge in [0.25, 0.3) is 0 Å². The van der Waals surface area contributed by atoms with Crippen molar-refractivity contribution in [1.82, 2.24) is 0 Å². The molecule has 0 heterocycles. The molecular weight excluding hydrogens is 351 g/mol.